The van der Waals surface area contributed by atoms with Gasteiger partial charge in [0.25, 0.3) is 11.8 Å². The Morgan fingerprint density at radius 2 is 1.94 bits per heavy atom. The van der Waals surface area contributed by atoms with Gasteiger partial charge in [-0.15, -0.1) is 11.3 Å². The van der Waals surface area contributed by atoms with Crippen molar-refractivity contribution in [2.75, 3.05) is 13.1 Å². The summed E-state index contributed by atoms with van der Waals surface area (Å²) >= 11 is 5.09. The van der Waals surface area contributed by atoms with Crippen LogP contribution in [0.2, 0.25) is 0 Å². The van der Waals surface area contributed by atoms with Crippen molar-refractivity contribution < 1.29 is 9.59 Å². The number of amides is 2. The third kappa shape index (κ3) is 5.10. The highest BCUT2D eigenvalue weighted by Crippen LogP contribution is 2.45. The standard InChI is InChI=1S/C27H28BrN3O2S/c1-17-6-4-7-19(14-17)24-23(30-26(34-24)18-11-12-18)27(33)31-13-3-2-10-22(31)16-29-25(32)20-8-5-9-21(28)15-20/h4-9,14-15,18,22H,2-3,10-13,16H2,1H3,(H,29,32). The lowest BCUT2D eigenvalue weighted by Crippen LogP contribution is -2.49. The number of carbonyl (C=O) groups is 2. The van der Waals surface area contributed by atoms with E-state index in [-0.39, 0.29) is 17.9 Å². The highest BCUT2D eigenvalue weighted by molar-refractivity contribution is 9.10. The van der Waals surface area contributed by atoms with E-state index < -0.39 is 0 Å². The Bertz CT molecular complexity index is 1220. The first kappa shape index (κ1) is 23.2. The summed E-state index contributed by atoms with van der Waals surface area (Å²) in [5.74, 6) is 0.363. The third-order valence-electron chi connectivity index (χ3n) is 6.53. The lowest BCUT2D eigenvalue weighted by Gasteiger charge is -2.35. The maximum atomic E-state index is 13.9. The Hall–Kier alpha value is -2.51. The van der Waals surface area contributed by atoms with Crippen LogP contribution >= 0.6 is 27.3 Å². The fraction of sp³-hybridized carbons (Fsp3) is 0.370. The highest BCUT2D eigenvalue weighted by Gasteiger charge is 2.34. The van der Waals surface area contributed by atoms with Crippen LogP contribution in [0.1, 0.15) is 69.4 Å². The number of hydrogen-bond donors (Lipinski definition) is 1. The Labute approximate surface area is 212 Å². The summed E-state index contributed by atoms with van der Waals surface area (Å²) in [6.07, 6.45) is 5.21. The Morgan fingerprint density at radius 1 is 1.12 bits per heavy atom. The lowest BCUT2D eigenvalue weighted by atomic mass is 10.0. The second-order valence-electron chi connectivity index (χ2n) is 9.24. The molecule has 5 nitrogen and oxygen atoms in total. The average molecular weight is 539 g/mol. The zero-order valence-corrected chi connectivity index (χ0v) is 21.6. The van der Waals surface area contributed by atoms with Crippen molar-refractivity contribution in [3.63, 3.8) is 0 Å². The summed E-state index contributed by atoms with van der Waals surface area (Å²) in [4.78, 5) is 34.3. The van der Waals surface area contributed by atoms with Gasteiger partial charge in [-0.1, -0.05) is 51.8 Å². The number of aryl methyl sites for hydroxylation is 1. The van der Waals surface area contributed by atoms with Gasteiger partial charge in [0.15, 0.2) is 0 Å². The number of halogens is 1. The number of thiazole rings is 1. The predicted octanol–water partition coefficient (Wildman–Crippen LogP) is 6.18. The van der Waals surface area contributed by atoms with Crippen LogP contribution < -0.4 is 5.32 Å². The van der Waals surface area contributed by atoms with Gasteiger partial charge in [-0.2, -0.15) is 0 Å². The van der Waals surface area contributed by atoms with Crippen molar-refractivity contribution in [2.45, 2.75) is 51.0 Å². The summed E-state index contributed by atoms with van der Waals surface area (Å²) in [7, 11) is 0. The molecule has 0 spiro atoms. The molecule has 1 saturated carbocycles. The molecule has 3 aromatic rings. The van der Waals surface area contributed by atoms with Crippen molar-refractivity contribution in [3.8, 4) is 10.4 Å². The Balaban J connectivity index is 1.37. The molecule has 1 N–H and O–H groups in total. The van der Waals surface area contributed by atoms with Crippen LogP contribution in [0.5, 0.6) is 0 Å². The number of rotatable bonds is 6. The summed E-state index contributed by atoms with van der Waals surface area (Å²) in [5, 5.41) is 4.13. The minimum absolute atomic E-state index is 0.0129. The van der Waals surface area contributed by atoms with E-state index in [1.807, 2.05) is 29.2 Å². The van der Waals surface area contributed by atoms with E-state index in [9.17, 15) is 9.59 Å². The maximum Gasteiger partial charge on any atom is 0.274 e. The molecule has 1 aliphatic heterocycles. The molecule has 2 aliphatic rings. The third-order valence-corrected chi connectivity index (χ3v) is 8.29. The monoisotopic (exact) mass is 537 g/mol. The van der Waals surface area contributed by atoms with E-state index in [1.54, 1.807) is 17.4 Å². The van der Waals surface area contributed by atoms with Crippen molar-refractivity contribution in [1.29, 1.82) is 0 Å². The van der Waals surface area contributed by atoms with Gasteiger partial charge in [0.05, 0.1) is 9.88 Å². The minimum atomic E-state index is -0.121. The molecule has 34 heavy (non-hydrogen) atoms. The van der Waals surface area contributed by atoms with Gasteiger partial charge >= 0.3 is 0 Å². The number of piperidine rings is 1. The van der Waals surface area contributed by atoms with E-state index in [0.29, 0.717) is 30.3 Å². The number of carbonyl (C=O) groups excluding carboxylic acids is 2. The normalized spacial score (nSPS) is 18.1. The van der Waals surface area contributed by atoms with Crippen LogP contribution in [0.25, 0.3) is 10.4 Å². The van der Waals surface area contributed by atoms with Gasteiger partial charge in [-0.05, 0) is 62.8 Å². The Morgan fingerprint density at radius 3 is 2.71 bits per heavy atom. The number of benzene rings is 2. The topological polar surface area (TPSA) is 62.3 Å². The molecule has 1 unspecified atom stereocenters. The van der Waals surface area contributed by atoms with E-state index >= 15 is 0 Å². The molecule has 176 valence electrons. The molecule has 7 heteroatoms. The summed E-state index contributed by atoms with van der Waals surface area (Å²) in [6, 6.07) is 15.6. The van der Waals surface area contributed by atoms with Crippen LogP contribution in [-0.2, 0) is 0 Å². The molecule has 2 fully saturated rings. The first-order valence-corrected chi connectivity index (χ1v) is 13.5. The number of nitrogens with zero attached hydrogens (tertiary/aromatic N) is 2. The zero-order valence-electron chi connectivity index (χ0n) is 19.2. The van der Waals surface area contributed by atoms with E-state index in [1.165, 1.54) is 5.56 Å². The summed E-state index contributed by atoms with van der Waals surface area (Å²) in [5.41, 5.74) is 3.41. The van der Waals surface area contributed by atoms with Crippen molar-refractivity contribution in [3.05, 3.63) is 74.8 Å². The van der Waals surface area contributed by atoms with E-state index in [2.05, 4.69) is 46.4 Å². The van der Waals surface area contributed by atoms with Gasteiger partial charge in [-0.3, -0.25) is 9.59 Å². The quantitative estimate of drug-likeness (QED) is 0.408. The fourth-order valence-electron chi connectivity index (χ4n) is 4.53. The summed E-state index contributed by atoms with van der Waals surface area (Å²) < 4.78 is 0.869. The molecule has 2 aromatic carbocycles. The second kappa shape index (κ2) is 10.0. The van der Waals surface area contributed by atoms with Gasteiger partial charge in [0.1, 0.15) is 5.69 Å². The molecular weight excluding hydrogens is 510 g/mol. The number of likely N-dealkylation sites (tertiary alicyclic amines) is 1. The average Bonchev–Trinajstić information content (AvgIpc) is 3.60. The molecular formula is C27H28BrN3O2S. The molecule has 0 radical (unpaired) electrons. The Kier molecular flexibility index (Phi) is 6.84. The SMILES string of the molecule is Cc1cccc(-c2sc(C3CC3)nc2C(=O)N2CCCCC2CNC(=O)c2cccc(Br)c2)c1. The van der Waals surface area contributed by atoms with Crippen molar-refractivity contribution >= 4 is 39.1 Å². The van der Waals surface area contributed by atoms with Gasteiger partial charge in [0, 0.05) is 35.1 Å². The van der Waals surface area contributed by atoms with E-state index in [4.69, 9.17) is 4.98 Å². The number of nitrogens with one attached hydrogen (secondary N) is 1. The maximum absolute atomic E-state index is 13.9. The molecule has 2 heterocycles. The van der Waals surface area contributed by atoms with Crippen LogP contribution in [0, 0.1) is 6.92 Å². The fourth-order valence-corrected chi connectivity index (χ4v) is 6.15. The molecule has 1 atom stereocenters. The van der Waals surface area contributed by atoms with E-state index in [0.717, 1.165) is 52.0 Å². The van der Waals surface area contributed by atoms with Gasteiger partial charge in [-0.25, -0.2) is 4.98 Å². The van der Waals surface area contributed by atoms with Crippen LogP contribution in [0.15, 0.2) is 53.0 Å². The minimum Gasteiger partial charge on any atom is -0.350 e. The summed E-state index contributed by atoms with van der Waals surface area (Å²) in [6.45, 7) is 3.21. The molecule has 1 aromatic heterocycles. The van der Waals surface area contributed by atoms with Crippen LogP contribution in [-0.4, -0.2) is 40.8 Å². The largest absolute Gasteiger partial charge is 0.350 e. The van der Waals surface area contributed by atoms with Crippen molar-refractivity contribution in [1.82, 2.24) is 15.2 Å². The van der Waals surface area contributed by atoms with Crippen LogP contribution in [0.3, 0.4) is 0 Å². The smallest absolute Gasteiger partial charge is 0.274 e. The zero-order chi connectivity index (χ0) is 23.7. The van der Waals surface area contributed by atoms with Crippen LogP contribution in [0.4, 0.5) is 0 Å². The first-order valence-electron chi connectivity index (χ1n) is 11.9. The van der Waals surface area contributed by atoms with Gasteiger partial charge < -0.3 is 10.2 Å². The van der Waals surface area contributed by atoms with Gasteiger partial charge in [0.2, 0.25) is 0 Å². The molecule has 5 rings (SSSR count). The molecule has 2 amide bonds. The van der Waals surface area contributed by atoms with Crippen molar-refractivity contribution in [2.24, 2.45) is 0 Å². The molecule has 1 saturated heterocycles. The first-order chi connectivity index (χ1) is 16.5. The lowest BCUT2D eigenvalue weighted by molar-refractivity contribution is 0.0598. The second-order valence-corrected chi connectivity index (χ2v) is 11.2. The highest BCUT2D eigenvalue weighted by atomic mass is 79.9. The molecule has 0 bridgehead atoms. The number of aromatic nitrogens is 1. The number of hydrogen-bond acceptors (Lipinski definition) is 4. The predicted molar refractivity (Wildman–Crippen MR) is 139 cm³/mol. The molecule has 1 aliphatic carbocycles.